The summed E-state index contributed by atoms with van der Waals surface area (Å²) in [6, 6.07) is 6.59. The molecule has 1 aromatic carbocycles. The Morgan fingerprint density at radius 3 is 2.65 bits per heavy atom. The van der Waals surface area contributed by atoms with Crippen LogP contribution in [0, 0.1) is 5.82 Å². The lowest BCUT2D eigenvalue weighted by molar-refractivity contribution is -0.883. The van der Waals surface area contributed by atoms with Gasteiger partial charge in [0.2, 0.25) is 0 Å². The van der Waals surface area contributed by atoms with Gasteiger partial charge in [0.25, 0.3) is 0 Å². The van der Waals surface area contributed by atoms with Gasteiger partial charge in [-0.1, -0.05) is 12.1 Å². The number of hydrogen-bond donors (Lipinski definition) is 2. The number of nitrogens with zero attached hydrogens (tertiary/aromatic N) is 1. The Labute approximate surface area is 106 Å². The van der Waals surface area contributed by atoms with Crippen LogP contribution in [0.15, 0.2) is 24.3 Å². The van der Waals surface area contributed by atoms with Crippen molar-refractivity contribution in [2.45, 2.75) is 0 Å². The number of nitrogens with one attached hydrogen (secondary N) is 2. The molecule has 0 radical (unpaired) electrons. The number of para-hydroxylation sites is 1. The molecule has 2 N–H and O–H groups in total. The van der Waals surface area contributed by atoms with E-state index in [0.717, 1.165) is 26.2 Å². The molecule has 17 heavy (non-hydrogen) atoms. The van der Waals surface area contributed by atoms with Crippen molar-refractivity contribution in [3.05, 3.63) is 30.1 Å². The van der Waals surface area contributed by atoms with Crippen LogP contribution in [0.1, 0.15) is 0 Å². The lowest BCUT2D eigenvalue weighted by Gasteiger charge is -2.32. The van der Waals surface area contributed by atoms with E-state index in [1.165, 1.54) is 11.0 Å². The van der Waals surface area contributed by atoms with Crippen molar-refractivity contribution < 1.29 is 9.29 Å². The smallest absolute Gasteiger partial charge is 0.173 e. The molecule has 1 aliphatic heterocycles. The third-order valence-electron chi connectivity index (χ3n) is 3.02. The highest BCUT2D eigenvalue weighted by Gasteiger charge is 2.19. The number of rotatable bonds is 1. The van der Waals surface area contributed by atoms with E-state index in [1.807, 2.05) is 0 Å². The first kappa shape index (κ1) is 12.3. The van der Waals surface area contributed by atoms with Gasteiger partial charge in [0.15, 0.2) is 5.11 Å². The molecule has 0 bridgehead atoms. The molecule has 3 nitrogen and oxygen atoms in total. The van der Waals surface area contributed by atoms with E-state index in [-0.39, 0.29) is 5.82 Å². The molecule has 0 aromatic heterocycles. The zero-order chi connectivity index (χ0) is 12.3. The molecule has 5 heteroatoms. The fourth-order valence-corrected chi connectivity index (χ4v) is 2.14. The second-order valence-corrected chi connectivity index (χ2v) is 4.74. The minimum Gasteiger partial charge on any atom is -0.338 e. The molecule has 1 fully saturated rings. The Morgan fingerprint density at radius 2 is 2.00 bits per heavy atom. The summed E-state index contributed by atoms with van der Waals surface area (Å²) in [5.41, 5.74) is 0.448. The maximum Gasteiger partial charge on any atom is 0.173 e. The Kier molecular flexibility index (Phi) is 3.91. The average molecular weight is 254 g/mol. The Bertz CT molecular complexity index is 402. The van der Waals surface area contributed by atoms with Crippen LogP contribution < -0.4 is 10.2 Å². The van der Waals surface area contributed by atoms with Crippen LogP contribution in [0.3, 0.4) is 0 Å². The molecule has 92 valence electrons. The standard InChI is InChI=1S/C12H16FN3S/c1-15-6-8-16(9-7-15)12(17)14-11-5-3-2-4-10(11)13/h2-5H,6-9H2,1H3,(H,14,17)/p+1. The minimum absolute atomic E-state index is 0.269. The second-order valence-electron chi connectivity index (χ2n) is 4.35. The van der Waals surface area contributed by atoms with E-state index in [0.29, 0.717) is 10.8 Å². The zero-order valence-corrected chi connectivity index (χ0v) is 10.7. The van der Waals surface area contributed by atoms with E-state index >= 15 is 0 Å². The number of piperazine rings is 1. The second kappa shape index (κ2) is 5.42. The SMILES string of the molecule is C[NH+]1CCN(C(=S)Nc2ccccc2F)CC1. The van der Waals surface area contributed by atoms with Gasteiger partial charge in [0.05, 0.1) is 38.9 Å². The first-order valence-corrected chi connectivity index (χ1v) is 6.19. The van der Waals surface area contributed by atoms with Crippen LogP contribution in [-0.2, 0) is 0 Å². The largest absolute Gasteiger partial charge is 0.338 e. The van der Waals surface area contributed by atoms with Crippen LogP contribution in [0.5, 0.6) is 0 Å². The normalized spacial score (nSPS) is 16.9. The van der Waals surface area contributed by atoms with Gasteiger partial charge in [-0.25, -0.2) is 4.39 Å². The average Bonchev–Trinajstić information content (AvgIpc) is 2.33. The van der Waals surface area contributed by atoms with E-state index < -0.39 is 0 Å². The molecule has 0 spiro atoms. The Balaban J connectivity index is 1.95. The van der Waals surface area contributed by atoms with Crippen LogP contribution >= 0.6 is 12.2 Å². The fraction of sp³-hybridized carbons (Fsp3) is 0.417. The van der Waals surface area contributed by atoms with Crippen molar-refractivity contribution in [2.75, 3.05) is 38.5 Å². The molecule has 0 saturated carbocycles. The molecule has 2 rings (SSSR count). The predicted octanol–water partition coefficient (Wildman–Crippen LogP) is 0.353. The predicted molar refractivity (Wildman–Crippen MR) is 70.8 cm³/mol. The highest BCUT2D eigenvalue weighted by atomic mass is 32.1. The summed E-state index contributed by atoms with van der Waals surface area (Å²) in [7, 11) is 2.17. The summed E-state index contributed by atoms with van der Waals surface area (Å²) in [5, 5.41) is 3.58. The van der Waals surface area contributed by atoms with Crippen molar-refractivity contribution in [3.63, 3.8) is 0 Å². The Morgan fingerprint density at radius 1 is 1.35 bits per heavy atom. The van der Waals surface area contributed by atoms with Gasteiger partial charge in [0.1, 0.15) is 5.82 Å². The molecule has 1 heterocycles. The molecule has 0 atom stereocenters. The molecule has 1 saturated heterocycles. The molecule has 0 amide bonds. The number of anilines is 1. The van der Waals surface area contributed by atoms with Crippen LogP contribution in [0.2, 0.25) is 0 Å². The van der Waals surface area contributed by atoms with E-state index in [4.69, 9.17) is 12.2 Å². The van der Waals surface area contributed by atoms with Gasteiger partial charge in [0, 0.05) is 0 Å². The first-order chi connectivity index (χ1) is 8.16. The van der Waals surface area contributed by atoms with Crippen molar-refractivity contribution in [2.24, 2.45) is 0 Å². The maximum absolute atomic E-state index is 13.4. The summed E-state index contributed by atoms with van der Waals surface area (Å²) < 4.78 is 13.4. The molecule has 1 aromatic rings. The molecular formula is C12H17FN3S+. The first-order valence-electron chi connectivity index (χ1n) is 5.78. The van der Waals surface area contributed by atoms with Gasteiger partial charge >= 0.3 is 0 Å². The molecule has 0 aliphatic carbocycles. The summed E-state index contributed by atoms with van der Waals surface area (Å²) in [6.45, 7) is 3.98. The van der Waals surface area contributed by atoms with E-state index in [9.17, 15) is 4.39 Å². The van der Waals surface area contributed by atoms with Crippen LogP contribution in [0.25, 0.3) is 0 Å². The van der Waals surface area contributed by atoms with Crippen molar-refractivity contribution >= 4 is 23.0 Å². The van der Waals surface area contributed by atoms with Gasteiger partial charge in [-0.15, -0.1) is 0 Å². The summed E-state index contributed by atoms with van der Waals surface area (Å²) >= 11 is 5.29. The summed E-state index contributed by atoms with van der Waals surface area (Å²) in [4.78, 5) is 3.60. The lowest BCUT2D eigenvalue weighted by atomic mass is 10.3. The summed E-state index contributed by atoms with van der Waals surface area (Å²) in [6.07, 6.45) is 0. The van der Waals surface area contributed by atoms with Crippen molar-refractivity contribution in [3.8, 4) is 0 Å². The minimum atomic E-state index is -0.269. The number of benzene rings is 1. The topological polar surface area (TPSA) is 19.7 Å². The maximum atomic E-state index is 13.4. The number of halogens is 1. The van der Waals surface area contributed by atoms with E-state index in [1.54, 1.807) is 18.2 Å². The Hall–Kier alpha value is -1.20. The van der Waals surface area contributed by atoms with Gasteiger partial charge in [-0.3, -0.25) is 0 Å². The van der Waals surface area contributed by atoms with Gasteiger partial charge in [-0.05, 0) is 24.4 Å². The number of likely N-dealkylation sites (N-methyl/N-ethyl adjacent to an activating group) is 1. The van der Waals surface area contributed by atoms with Gasteiger partial charge < -0.3 is 15.1 Å². The van der Waals surface area contributed by atoms with Crippen LogP contribution in [-0.4, -0.2) is 43.2 Å². The number of hydrogen-bond acceptors (Lipinski definition) is 1. The summed E-state index contributed by atoms with van der Waals surface area (Å²) in [5.74, 6) is -0.269. The molecule has 1 aliphatic rings. The fourth-order valence-electron chi connectivity index (χ4n) is 1.85. The van der Waals surface area contributed by atoms with E-state index in [2.05, 4.69) is 17.3 Å². The third kappa shape index (κ3) is 3.14. The van der Waals surface area contributed by atoms with Crippen LogP contribution in [0.4, 0.5) is 10.1 Å². The van der Waals surface area contributed by atoms with Gasteiger partial charge in [-0.2, -0.15) is 0 Å². The quantitative estimate of drug-likeness (QED) is 0.706. The highest BCUT2D eigenvalue weighted by molar-refractivity contribution is 7.80. The monoisotopic (exact) mass is 254 g/mol. The number of thiocarbonyl (C=S) groups is 1. The van der Waals surface area contributed by atoms with Crippen molar-refractivity contribution in [1.82, 2.24) is 4.90 Å². The zero-order valence-electron chi connectivity index (χ0n) is 9.87. The third-order valence-corrected chi connectivity index (χ3v) is 3.38. The lowest BCUT2D eigenvalue weighted by Crippen LogP contribution is -3.12. The molecular weight excluding hydrogens is 237 g/mol. The van der Waals surface area contributed by atoms with Crippen molar-refractivity contribution in [1.29, 1.82) is 0 Å². The molecule has 0 unspecified atom stereocenters. The highest BCUT2D eigenvalue weighted by Crippen LogP contribution is 2.13. The number of quaternary nitrogens is 1.